The molecule has 0 aromatic heterocycles. The Morgan fingerprint density at radius 3 is 2.71 bits per heavy atom. The van der Waals surface area contributed by atoms with Gasteiger partial charge in [0.1, 0.15) is 5.04 Å². The van der Waals surface area contributed by atoms with Crippen LogP contribution < -0.4 is 0 Å². The van der Waals surface area contributed by atoms with Gasteiger partial charge in [-0.25, -0.2) is 0 Å². The van der Waals surface area contributed by atoms with E-state index in [1.165, 1.54) is 5.56 Å². The van der Waals surface area contributed by atoms with E-state index in [1.807, 2.05) is 18.2 Å². The number of hydrogen-bond donors (Lipinski definition) is 0. The molecule has 0 spiro atoms. The highest BCUT2D eigenvalue weighted by molar-refractivity contribution is 8.15. The van der Waals surface area contributed by atoms with Gasteiger partial charge in [0.05, 0.1) is 0 Å². The number of carbonyl (C=O) groups is 1. The lowest BCUT2D eigenvalue weighted by Gasteiger charge is -1.99. The molecule has 72 valence electrons. The van der Waals surface area contributed by atoms with E-state index in [2.05, 4.69) is 17.1 Å². The Morgan fingerprint density at radius 2 is 2.07 bits per heavy atom. The first-order valence-corrected chi connectivity index (χ1v) is 5.59. The van der Waals surface area contributed by atoms with E-state index < -0.39 is 0 Å². The molecule has 0 fully saturated rings. The zero-order valence-electron chi connectivity index (χ0n) is 7.77. The van der Waals surface area contributed by atoms with Crippen LogP contribution in [0.4, 0.5) is 0 Å². The highest BCUT2D eigenvalue weighted by Gasteiger charge is 2.16. The lowest BCUT2D eigenvalue weighted by Crippen LogP contribution is -2.03. The summed E-state index contributed by atoms with van der Waals surface area (Å²) < 4.78 is 0. The second-order valence-electron chi connectivity index (χ2n) is 3.13. The van der Waals surface area contributed by atoms with E-state index in [9.17, 15) is 4.79 Å². The molecule has 2 nitrogen and oxygen atoms in total. The van der Waals surface area contributed by atoms with E-state index in [0.29, 0.717) is 18.0 Å². The van der Waals surface area contributed by atoms with Crippen LogP contribution in [0.1, 0.15) is 12.0 Å². The minimum Gasteiger partial charge on any atom is -0.292 e. The van der Waals surface area contributed by atoms with Gasteiger partial charge in [0.15, 0.2) is 5.78 Å². The summed E-state index contributed by atoms with van der Waals surface area (Å²) in [7, 11) is 0. The van der Waals surface area contributed by atoms with Crippen LogP contribution in [0, 0.1) is 0 Å². The molecule has 0 unspecified atom stereocenters. The summed E-state index contributed by atoms with van der Waals surface area (Å²) in [6, 6.07) is 10.1. The average Bonchev–Trinajstić information content (AvgIpc) is 2.63. The third kappa shape index (κ3) is 2.23. The van der Waals surface area contributed by atoms with Crippen molar-refractivity contribution >= 4 is 22.6 Å². The maximum Gasteiger partial charge on any atom is 0.189 e. The van der Waals surface area contributed by atoms with E-state index >= 15 is 0 Å². The molecule has 0 N–H and O–H groups in total. The predicted molar refractivity (Wildman–Crippen MR) is 59.7 cm³/mol. The zero-order chi connectivity index (χ0) is 9.80. The minimum atomic E-state index is 0.200. The van der Waals surface area contributed by atoms with Gasteiger partial charge < -0.3 is 0 Å². The summed E-state index contributed by atoms with van der Waals surface area (Å²) in [5.74, 6) is 1.04. The van der Waals surface area contributed by atoms with Crippen molar-refractivity contribution in [3.63, 3.8) is 0 Å². The second-order valence-corrected chi connectivity index (χ2v) is 4.10. The smallest absolute Gasteiger partial charge is 0.189 e. The molecule has 0 amide bonds. The van der Waals surface area contributed by atoms with E-state index in [1.54, 1.807) is 11.8 Å². The Bertz CT molecular complexity index is 359. The van der Waals surface area contributed by atoms with Gasteiger partial charge in [0.25, 0.3) is 0 Å². The molecule has 0 saturated heterocycles. The van der Waals surface area contributed by atoms with Gasteiger partial charge >= 0.3 is 0 Å². The summed E-state index contributed by atoms with van der Waals surface area (Å²) in [5.41, 5.74) is 1.24. The Labute approximate surface area is 87.4 Å². The Kier molecular flexibility index (Phi) is 2.99. The second kappa shape index (κ2) is 4.42. The predicted octanol–water partition coefficient (Wildman–Crippen LogP) is 2.29. The molecule has 1 aliphatic rings. The largest absolute Gasteiger partial charge is 0.292 e. The van der Waals surface area contributed by atoms with Crippen LogP contribution in [0.5, 0.6) is 0 Å². The normalized spacial score (nSPS) is 15.7. The van der Waals surface area contributed by atoms with Crippen LogP contribution in [0.15, 0.2) is 35.3 Å². The minimum absolute atomic E-state index is 0.200. The first-order valence-electron chi connectivity index (χ1n) is 4.60. The van der Waals surface area contributed by atoms with Gasteiger partial charge in [-0.15, -0.1) is 0 Å². The van der Waals surface area contributed by atoms with Crippen molar-refractivity contribution in [2.45, 2.75) is 12.2 Å². The van der Waals surface area contributed by atoms with E-state index in [0.717, 1.165) is 5.75 Å². The molecule has 1 aliphatic heterocycles. The van der Waals surface area contributed by atoms with Crippen LogP contribution in [-0.2, 0) is 10.5 Å². The Hall–Kier alpha value is -1.09. The molecule has 0 atom stereocenters. The number of benzene rings is 1. The fourth-order valence-electron chi connectivity index (χ4n) is 1.31. The SMILES string of the molecule is O=C1CCN=C1SCc1ccccc1. The van der Waals surface area contributed by atoms with Crippen LogP contribution in [0.25, 0.3) is 0 Å². The fraction of sp³-hybridized carbons (Fsp3) is 0.273. The van der Waals surface area contributed by atoms with Crippen LogP contribution >= 0.6 is 11.8 Å². The summed E-state index contributed by atoms with van der Waals surface area (Å²) in [6.45, 7) is 0.677. The monoisotopic (exact) mass is 205 g/mol. The topological polar surface area (TPSA) is 29.4 Å². The standard InChI is InChI=1S/C11H11NOS/c13-10-6-7-12-11(10)14-8-9-4-2-1-3-5-9/h1-5H,6-8H2. The van der Waals surface area contributed by atoms with E-state index in [4.69, 9.17) is 0 Å². The molecule has 0 bridgehead atoms. The van der Waals surface area contributed by atoms with Crippen LogP contribution in [-0.4, -0.2) is 17.4 Å². The highest BCUT2D eigenvalue weighted by Crippen LogP contribution is 2.18. The highest BCUT2D eigenvalue weighted by atomic mass is 32.2. The fourth-order valence-corrected chi connectivity index (χ4v) is 2.25. The van der Waals surface area contributed by atoms with Gasteiger partial charge in [-0.05, 0) is 5.56 Å². The molecule has 3 heteroatoms. The number of carbonyl (C=O) groups excluding carboxylic acids is 1. The van der Waals surface area contributed by atoms with Crippen LogP contribution in [0.2, 0.25) is 0 Å². The van der Waals surface area contributed by atoms with Gasteiger partial charge in [-0.3, -0.25) is 9.79 Å². The number of hydrogen-bond acceptors (Lipinski definition) is 3. The van der Waals surface area contributed by atoms with Gasteiger partial charge in [0.2, 0.25) is 0 Å². The number of Topliss-reactive ketones (excluding diaryl/α,β-unsaturated/α-hetero) is 1. The number of ketones is 1. The first kappa shape index (κ1) is 9.46. The molecule has 2 rings (SSSR count). The van der Waals surface area contributed by atoms with Crippen molar-refractivity contribution < 1.29 is 4.79 Å². The lowest BCUT2D eigenvalue weighted by atomic mass is 10.2. The molecule has 14 heavy (non-hydrogen) atoms. The molecular formula is C11H11NOS. The number of rotatable bonds is 2. The van der Waals surface area contributed by atoms with Crippen molar-refractivity contribution in [3.05, 3.63) is 35.9 Å². The van der Waals surface area contributed by atoms with Gasteiger partial charge in [-0.2, -0.15) is 0 Å². The summed E-state index contributed by atoms with van der Waals surface area (Å²) in [4.78, 5) is 15.4. The van der Waals surface area contributed by atoms with Crippen molar-refractivity contribution in [2.24, 2.45) is 4.99 Å². The quantitative estimate of drug-likeness (QED) is 0.741. The van der Waals surface area contributed by atoms with Crippen LogP contribution in [0.3, 0.4) is 0 Å². The number of aliphatic imine (C=N–C) groups is 1. The molecule has 1 heterocycles. The average molecular weight is 205 g/mol. The van der Waals surface area contributed by atoms with Gasteiger partial charge in [0, 0.05) is 18.7 Å². The van der Waals surface area contributed by atoms with Gasteiger partial charge in [-0.1, -0.05) is 42.1 Å². The third-order valence-electron chi connectivity index (χ3n) is 2.05. The van der Waals surface area contributed by atoms with Crippen molar-refractivity contribution in [1.29, 1.82) is 0 Å². The molecule has 1 aromatic carbocycles. The molecule has 0 aliphatic carbocycles. The maximum absolute atomic E-state index is 11.2. The number of nitrogens with zero attached hydrogens (tertiary/aromatic N) is 1. The van der Waals surface area contributed by atoms with Crippen molar-refractivity contribution in [3.8, 4) is 0 Å². The molecule has 1 aromatic rings. The summed E-state index contributed by atoms with van der Waals surface area (Å²) >= 11 is 1.55. The summed E-state index contributed by atoms with van der Waals surface area (Å²) in [5, 5.41) is 0.703. The van der Waals surface area contributed by atoms with Crippen molar-refractivity contribution in [1.82, 2.24) is 0 Å². The molecule has 0 saturated carbocycles. The third-order valence-corrected chi connectivity index (χ3v) is 3.16. The molecule has 0 radical (unpaired) electrons. The maximum atomic E-state index is 11.2. The zero-order valence-corrected chi connectivity index (χ0v) is 8.59. The Morgan fingerprint density at radius 1 is 1.29 bits per heavy atom. The summed E-state index contributed by atoms with van der Waals surface area (Å²) in [6.07, 6.45) is 0.594. The van der Waals surface area contributed by atoms with E-state index in [-0.39, 0.29) is 5.78 Å². The number of thioether (sulfide) groups is 1. The molecular weight excluding hydrogens is 194 g/mol. The Balaban J connectivity index is 1.92. The first-order chi connectivity index (χ1) is 6.86. The van der Waals surface area contributed by atoms with Crippen molar-refractivity contribution in [2.75, 3.05) is 6.54 Å². The lowest BCUT2D eigenvalue weighted by molar-refractivity contribution is -0.112.